The first-order chi connectivity index (χ1) is 9.06. The van der Waals surface area contributed by atoms with Gasteiger partial charge >= 0.3 is 0 Å². The molecular formula is C17H20ClN. The molecule has 0 unspecified atom stereocenters. The van der Waals surface area contributed by atoms with Gasteiger partial charge in [0.2, 0.25) is 0 Å². The van der Waals surface area contributed by atoms with Crippen molar-refractivity contribution in [2.24, 2.45) is 0 Å². The number of hydrogen-bond donors (Lipinski definition) is 1. The Morgan fingerprint density at radius 3 is 2.63 bits per heavy atom. The van der Waals surface area contributed by atoms with Crippen molar-refractivity contribution in [3.8, 4) is 0 Å². The SMILES string of the molecule is Cc1ccc(C)c(CN[C@@H](C)c2cccc(Cl)c2)c1. The van der Waals surface area contributed by atoms with Crippen LogP contribution in [0.4, 0.5) is 0 Å². The third kappa shape index (κ3) is 3.82. The Hall–Kier alpha value is -1.31. The zero-order valence-electron chi connectivity index (χ0n) is 11.7. The Morgan fingerprint density at radius 1 is 1.11 bits per heavy atom. The molecule has 19 heavy (non-hydrogen) atoms. The Bertz CT molecular complexity index is 563. The highest BCUT2D eigenvalue weighted by atomic mass is 35.5. The van der Waals surface area contributed by atoms with E-state index in [4.69, 9.17) is 11.6 Å². The molecule has 0 fully saturated rings. The normalized spacial score (nSPS) is 12.4. The third-order valence-electron chi connectivity index (χ3n) is 3.45. The molecule has 1 nitrogen and oxygen atoms in total. The summed E-state index contributed by atoms with van der Waals surface area (Å²) in [6, 6.07) is 14.9. The summed E-state index contributed by atoms with van der Waals surface area (Å²) in [4.78, 5) is 0. The van der Waals surface area contributed by atoms with E-state index in [-0.39, 0.29) is 0 Å². The fraction of sp³-hybridized carbons (Fsp3) is 0.294. The van der Waals surface area contributed by atoms with Crippen LogP contribution in [0.25, 0.3) is 0 Å². The third-order valence-corrected chi connectivity index (χ3v) is 3.69. The van der Waals surface area contributed by atoms with Gasteiger partial charge in [0.05, 0.1) is 0 Å². The first-order valence-electron chi connectivity index (χ1n) is 6.61. The molecule has 0 saturated carbocycles. The topological polar surface area (TPSA) is 12.0 Å². The molecule has 0 aliphatic heterocycles. The van der Waals surface area contributed by atoms with E-state index in [0.717, 1.165) is 11.6 Å². The lowest BCUT2D eigenvalue weighted by Gasteiger charge is -2.16. The summed E-state index contributed by atoms with van der Waals surface area (Å²) >= 11 is 6.02. The van der Waals surface area contributed by atoms with Gasteiger partial charge in [0.1, 0.15) is 0 Å². The van der Waals surface area contributed by atoms with Gasteiger partial charge in [-0.15, -0.1) is 0 Å². The van der Waals surface area contributed by atoms with Gasteiger partial charge in [-0.2, -0.15) is 0 Å². The fourth-order valence-electron chi connectivity index (χ4n) is 2.15. The van der Waals surface area contributed by atoms with Crippen molar-refractivity contribution in [1.29, 1.82) is 0 Å². The zero-order chi connectivity index (χ0) is 13.8. The Kier molecular flexibility index (Phi) is 4.62. The van der Waals surface area contributed by atoms with Gasteiger partial charge in [0, 0.05) is 17.6 Å². The molecule has 0 aromatic heterocycles. The van der Waals surface area contributed by atoms with Crippen LogP contribution in [0.3, 0.4) is 0 Å². The van der Waals surface area contributed by atoms with Crippen LogP contribution in [-0.2, 0) is 6.54 Å². The molecule has 0 radical (unpaired) electrons. The van der Waals surface area contributed by atoms with Crippen molar-refractivity contribution < 1.29 is 0 Å². The fourth-order valence-corrected chi connectivity index (χ4v) is 2.35. The highest BCUT2D eigenvalue weighted by Crippen LogP contribution is 2.18. The average Bonchev–Trinajstić information content (AvgIpc) is 2.39. The number of hydrogen-bond acceptors (Lipinski definition) is 1. The van der Waals surface area contributed by atoms with Crippen molar-refractivity contribution in [2.75, 3.05) is 0 Å². The standard InChI is InChI=1S/C17H20ClN/c1-12-7-8-13(2)16(9-12)11-19-14(3)15-5-4-6-17(18)10-15/h4-10,14,19H,11H2,1-3H3/t14-/m0/s1. The van der Waals surface area contributed by atoms with Crippen LogP contribution >= 0.6 is 11.6 Å². The summed E-state index contributed by atoms with van der Waals surface area (Å²) in [6.07, 6.45) is 0. The summed E-state index contributed by atoms with van der Waals surface area (Å²) in [5, 5.41) is 4.34. The van der Waals surface area contributed by atoms with Gasteiger partial charge < -0.3 is 5.32 Å². The first-order valence-corrected chi connectivity index (χ1v) is 6.99. The summed E-state index contributed by atoms with van der Waals surface area (Å²) < 4.78 is 0. The van der Waals surface area contributed by atoms with Gasteiger partial charge in [-0.25, -0.2) is 0 Å². The highest BCUT2D eigenvalue weighted by molar-refractivity contribution is 6.30. The summed E-state index contributed by atoms with van der Waals surface area (Å²) in [5.74, 6) is 0. The zero-order valence-corrected chi connectivity index (χ0v) is 12.5. The largest absolute Gasteiger partial charge is 0.306 e. The Labute approximate surface area is 120 Å². The molecular weight excluding hydrogens is 254 g/mol. The van der Waals surface area contributed by atoms with Crippen molar-refractivity contribution in [2.45, 2.75) is 33.4 Å². The summed E-state index contributed by atoms with van der Waals surface area (Å²) in [5.41, 5.74) is 5.21. The Morgan fingerprint density at radius 2 is 1.89 bits per heavy atom. The van der Waals surface area contributed by atoms with E-state index >= 15 is 0 Å². The molecule has 1 atom stereocenters. The number of rotatable bonds is 4. The van der Waals surface area contributed by atoms with Gasteiger partial charge in [0.25, 0.3) is 0 Å². The number of halogens is 1. The van der Waals surface area contributed by atoms with Crippen LogP contribution in [0.2, 0.25) is 5.02 Å². The van der Waals surface area contributed by atoms with Crippen molar-refractivity contribution in [3.63, 3.8) is 0 Å². The predicted octanol–water partition coefficient (Wildman–Crippen LogP) is 4.81. The number of benzene rings is 2. The minimum absolute atomic E-state index is 0.290. The van der Waals surface area contributed by atoms with Crippen LogP contribution in [0.15, 0.2) is 42.5 Å². The van der Waals surface area contributed by atoms with E-state index in [9.17, 15) is 0 Å². The lowest BCUT2D eigenvalue weighted by molar-refractivity contribution is 0.573. The second-order valence-corrected chi connectivity index (χ2v) is 5.52. The predicted molar refractivity (Wildman–Crippen MR) is 82.6 cm³/mol. The van der Waals surface area contributed by atoms with E-state index in [1.54, 1.807) is 0 Å². The van der Waals surface area contributed by atoms with Gasteiger partial charge in [0.15, 0.2) is 0 Å². The molecule has 2 aromatic carbocycles. The maximum atomic E-state index is 6.02. The molecule has 0 spiro atoms. The van der Waals surface area contributed by atoms with Crippen LogP contribution in [0, 0.1) is 13.8 Å². The monoisotopic (exact) mass is 273 g/mol. The molecule has 1 N–H and O–H groups in total. The van der Waals surface area contributed by atoms with Gasteiger partial charge in [-0.3, -0.25) is 0 Å². The van der Waals surface area contributed by atoms with Crippen LogP contribution in [-0.4, -0.2) is 0 Å². The lowest BCUT2D eigenvalue weighted by Crippen LogP contribution is -2.18. The van der Waals surface area contributed by atoms with Crippen LogP contribution < -0.4 is 5.32 Å². The average molecular weight is 274 g/mol. The molecule has 0 bridgehead atoms. The minimum atomic E-state index is 0.290. The Balaban J connectivity index is 2.04. The highest BCUT2D eigenvalue weighted by Gasteiger charge is 2.06. The minimum Gasteiger partial charge on any atom is -0.306 e. The molecule has 0 amide bonds. The molecule has 2 rings (SSSR count). The van der Waals surface area contributed by atoms with Crippen molar-refractivity contribution in [1.82, 2.24) is 5.32 Å². The van der Waals surface area contributed by atoms with Crippen molar-refractivity contribution >= 4 is 11.6 Å². The second kappa shape index (κ2) is 6.23. The van der Waals surface area contributed by atoms with E-state index < -0.39 is 0 Å². The van der Waals surface area contributed by atoms with Crippen molar-refractivity contribution in [3.05, 3.63) is 69.7 Å². The molecule has 0 aliphatic rings. The maximum Gasteiger partial charge on any atom is 0.0409 e. The second-order valence-electron chi connectivity index (χ2n) is 5.09. The number of nitrogens with one attached hydrogen (secondary N) is 1. The molecule has 0 aliphatic carbocycles. The summed E-state index contributed by atoms with van der Waals surface area (Å²) in [6.45, 7) is 7.32. The molecule has 0 saturated heterocycles. The quantitative estimate of drug-likeness (QED) is 0.843. The number of aryl methyl sites for hydroxylation is 2. The molecule has 2 aromatic rings. The molecule has 2 heteroatoms. The van der Waals surface area contributed by atoms with E-state index in [2.05, 4.69) is 50.4 Å². The van der Waals surface area contributed by atoms with Gasteiger partial charge in [-0.05, 0) is 49.6 Å². The molecule has 0 heterocycles. The van der Waals surface area contributed by atoms with Gasteiger partial charge in [-0.1, -0.05) is 47.5 Å². The summed E-state index contributed by atoms with van der Waals surface area (Å²) in [7, 11) is 0. The maximum absolute atomic E-state index is 6.02. The van der Waals surface area contributed by atoms with E-state index in [1.165, 1.54) is 22.3 Å². The van der Waals surface area contributed by atoms with Crippen LogP contribution in [0.1, 0.15) is 35.2 Å². The smallest absolute Gasteiger partial charge is 0.0409 e. The first kappa shape index (κ1) is 14.1. The van der Waals surface area contributed by atoms with E-state index in [1.807, 2.05) is 18.2 Å². The lowest BCUT2D eigenvalue weighted by atomic mass is 10.0. The van der Waals surface area contributed by atoms with E-state index in [0.29, 0.717) is 6.04 Å². The molecule has 100 valence electrons. The van der Waals surface area contributed by atoms with Crippen LogP contribution in [0.5, 0.6) is 0 Å².